The van der Waals surface area contributed by atoms with Crippen molar-refractivity contribution in [2.45, 2.75) is 25.8 Å². The van der Waals surface area contributed by atoms with Gasteiger partial charge in [0.1, 0.15) is 0 Å². The summed E-state index contributed by atoms with van der Waals surface area (Å²) >= 11 is 0. The maximum Gasteiger partial charge on any atom is 0.310 e. The third-order valence-corrected chi connectivity index (χ3v) is 2.25. The Bertz CT molecular complexity index is 147. The molecule has 1 N–H and O–H groups in total. The van der Waals surface area contributed by atoms with Crippen molar-refractivity contribution < 1.29 is 9.53 Å². The van der Waals surface area contributed by atoms with Gasteiger partial charge in [0.2, 0.25) is 0 Å². The summed E-state index contributed by atoms with van der Waals surface area (Å²) in [5.41, 5.74) is 0. The molecule has 11 heavy (non-hydrogen) atoms. The van der Waals surface area contributed by atoms with Crippen LogP contribution in [0.2, 0.25) is 0 Å². The molecule has 2 atom stereocenters. The molecule has 0 bridgehead atoms. The monoisotopic (exact) mass is 157 g/mol. The van der Waals surface area contributed by atoms with Gasteiger partial charge in [-0.25, -0.2) is 0 Å². The molecule has 0 aliphatic carbocycles. The number of ether oxygens (including phenoxy) is 1. The number of carbonyl (C=O) groups excluding carboxylic acids is 1. The Hall–Kier alpha value is -0.570. The molecule has 1 rings (SSSR count). The molecule has 3 heteroatoms. The van der Waals surface area contributed by atoms with Crippen LogP contribution in [-0.4, -0.2) is 25.7 Å². The third kappa shape index (κ3) is 1.93. The van der Waals surface area contributed by atoms with Crippen LogP contribution in [0.1, 0.15) is 19.8 Å². The molecule has 0 spiro atoms. The lowest BCUT2D eigenvalue weighted by molar-refractivity contribution is -0.144. The maximum absolute atomic E-state index is 11.0. The molecule has 0 aromatic rings. The van der Waals surface area contributed by atoms with E-state index in [4.69, 9.17) is 0 Å². The lowest BCUT2D eigenvalue weighted by Crippen LogP contribution is -2.21. The Morgan fingerprint density at radius 2 is 2.45 bits per heavy atom. The molecule has 1 fully saturated rings. The standard InChI is InChI=1S/C8H15NO2/c1-3-7-4-6(5-9-7)8(10)11-2/h6-7,9H,3-5H2,1-2H3. The van der Waals surface area contributed by atoms with Gasteiger partial charge in [-0.3, -0.25) is 4.79 Å². The predicted octanol–water partition coefficient (Wildman–Crippen LogP) is 0.547. The summed E-state index contributed by atoms with van der Waals surface area (Å²) in [7, 11) is 1.45. The number of methoxy groups -OCH3 is 1. The highest BCUT2D eigenvalue weighted by Crippen LogP contribution is 2.16. The van der Waals surface area contributed by atoms with E-state index in [0.717, 1.165) is 19.4 Å². The summed E-state index contributed by atoms with van der Waals surface area (Å²) in [6.07, 6.45) is 2.02. The Balaban J connectivity index is 2.35. The third-order valence-electron chi connectivity index (χ3n) is 2.25. The van der Waals surface area contributed by atoms with Crippen LogP contribution in [0.3, 0.4) is 0 Å². The smallest absolute Gasteiger partial charge is 0.310 e. The fourth-order valence-corrected chi connectivity index (χ4v) is 1.48. The lowest BCUT2D eigenvalue weighted by atomic mass is 10.1. The summed E-state index contributed by atoms with van der Waals surface area (Å²) in [6.45, 7) is 2.91. The number of hydrogen-bond donors (Lipinski definition) is 1. The van der Waals surface area contributed by atoms with Crippen LogP contribution in [0.25, 0.3) is 0 Å². The fraction of sp³-hybridized carbons (Fsp3) is 0.875. The Morgan fingerprint density at radius 1 is 1.73 bits per heavy atom. The molecular formula is C8H15NO2. The van der Waals surface area contributed by atoms with Crippen molar-refractivity contribution in [3.8, 4) is 0 Å². The molecule has 0 aromatic heterocycles. The molecule has 0 saturated carbocycles. The molecule has 3 nitrogen and oxygen atoms in total. The van der Waals surface area contributed by atoms with Crippen LogP contribution in [0.4, 0.5) is 0 Å². The van der Waals surface area contributed by atoms with E-state index in [2.05, 4.69) is 17.0 Å². The van der Waals surface area contributed by atoms with Gasteiger partial charge in [-0.15, -0.1) is 0 Å². The van der Waals surface area contributed by atoms with Crippen LogP contribution in [0.5, 0.6) is 0 Å². The zero-order valence-electron chi connectivity index (χ0n) is 7.09. The summed E-state index contributed by atoms with van der Waals surface area (Å²) in [5, 5.41) is 3.27. The maximum atomic E-state index is 11.0. The van der Waals surface area contributed by atoms with Gasteiger partial charge >= 0.3 is 5.97 Å². The van der Waals surface area contributed by atoms with Crippen LogP contribution >= 0.6 is 0 Å². The van der Waals surface area contributed by atoms with Crippen LogP contribution in [-0.2, 0) is 9.53 Å². The lowest BCUT2D eigenvalue weighted by Gasteiger charge is -2.05. The van der Waals surface area contributed by atoms with E-state index >= 15 is 0 Å². The minimum atomic E-state index is -0.0755. The highest BCUT2D eigenvalue weighted by Gasteiger charge is 2.28. The Labute approximate surface area is 67.1 Å². The second-order valence-corrected chi connectivity index (χ2v) is 2.97. The largest absolute Gasteiger partial charge is 0.469 e. The van der Waals surface area contributed by atoms with E-state index in [0.29, 0.717) is 6.04 Å². The summed E-state index contributed by atoms with van der Waals surface area (Å²) in [6, 6.07) is 0.513. The molecule has 64 valence electrons. The first kappa shape index (κ1) is 8.53. The van der Waals surface area contributed by atoms with E-state index in [1.165, 1.54) is 7.11 Å². The average Bonchev–Trinajstić information content (AvgIpc) is 2.50. The normalized spacial score (nSPS) is 30.4. The number of nitrogens with one attached hydrogen (secondary N) is 1. The van der Waals surface area contributed by atoms with Gasteiger partial charge in [-0.2, -0.15) is 0 Å². The van der Waals surface area contributed by atoms with Crippen LogP contribution in [0, 0.1) is 5.92 Å². The van der Waals surface area contributed by atoms with Crippen molar-refractivity contribution in [3.63, 3.8) is 0 Å². The molecule has 1 saturated heterocycles. The van der Waals surface area contributed by atoms with E-state index in [9.17, 15) is 4.79 Å². The van der Waals surface area contributed by atoms with Gasteiger partial charge in [0.05, 0.1) is 13.0 Å². The van der Waals surface area contributed by atoms with Gasteiger partial charge in [0, 0.05) is 12.6 Å². The van der Waals surface area contributed by atoms with Crippen molar-refractivity contribution >= 4 is 5.97 Å². The zero-order chi connectivity index (χ0) is 8.27. The first-order valence-electron chi connectivity index (χ1n) is 4.09. The van der Waals surface area contributed by atoms with Gasteiger partial charge in [-0.05, 0) is 12.8 Å². The first-order chi connectivity index (χ1) is 5.27. The van der Waals surface area contributed by atoms with Gasteiger partial charge in [0.15, 0.2) is 0 Å². The fourth-order valence-electron chi connectivity index (χ4n) is 1.48. The van der Waals surface area contributed by atoms with E-state index in [-0.39, 0.29) is 11.9 Å². The Morgan fingerprint density at radius 3 is 2.91 bits per heavy atom. The van der Waals surface area contributed by atoms with Crippen molar-refractivity contribution in [3.05, 3.63) is 0 Å². The molecule has 0 amide bonds. The zero-order valence-corrected chi connectivity index (χ0v) is 7.09. The number of hydrogen-bond acceptors (Lipinski definition) is 3. The van der Waals surface area contributed by atoms with Gasteiger partial charge in [-0.1, -0.05) is 6.92 Å². The second-order valence-electron chi connectivity index (χ2n) is 2.97. The van der Waals surface area contributed by atoms with Crippen molar-refractivity contribution in [2.75, 3.05) is 13.7 Å². The minimum absolute atomic E-state index is 0.0755. The molecule has 1 aliphatic heterocycles. The van der Waals surface area contributed by atoms with Crippen molar-refractivity contribution in [2.24, 2.45) is 5.92 Å². The van der Waals surface area contributed by atoms with Gasteiger partial charge < -0.3 is 10.1 Å². The Kier molecular flexibility index (Phi) is 2.88. The minimum Gasteiger partial charge on any atom is -0.469 e. The number of esters is 1. The SMILES string of the molecule is CCC1CC(C(=O)OC)CN1. The molecule has 0 radical (unpaired) electrons. The quantitative estimate of drug-likeness (QED) is 0.595. The number of carbonyl (C=O) groups is 1. The topological polar surface area (TPSA) is 38.3 Å². The van der Waals surface area contributed by atoms with E-state index in [1.54, 1.807) is 0 Å². The predicted molar refractivity (Wildman–Crippen MR) is 42.2 cm³/mol. The summed E-state index contributed by atoms with van der Waals surface area (Å²) in [4.78, 5) is 11.0. The van der Waals surface area contributed by atoms with Crippen LogP contribution in [0.15, 0.2) is 0 Å². The van der Waals surface area contributed by atoms with Crippen molar-refractivity contribution in [1.82, 2.24) is 5.32 Å². The van der Waals surface area contributed by atoms with E-state index < -0.39 is 0 Å². The van der Waals surface area contributed by atoms with Gasteiger partial charge in [0.25, 0.3) is 0 Å². The molecule has 1 heterocycles. The first-order valence-corrected chi connectivity index (χ1v) is 4.09. The summed E-state index contributed by atoms with van der Waals surface area (Å²) in [5.74, 6) is 0.0124. The van der Waals surface area contributed by atoms with Crippen molar-refractivity contribution in [1.29, 1.82) is 0 Å². The second kappa shape index (κ2) is 3.72. The van der Waals surface area contributed by atoms with E-state index in [1.807, 2.05) is 0 Å². The number of rotatable bonds is 2. The molecule has 1 aliphatic rings. The highest BCUT2D eigenvalue weighted by molar-refractivity contribution is 5.72. The van der Waals surface area contributed by atoms with Crippen LogP contribution < -0.4 is 5.32 Å². The molecule has 0 aromatic carbocycles. The molecule has 2 unspecified atom stereocenters. The molecular weight excluding hydrogens is 142 g/mol. The average molecular weight is 157 g/mol. The highest BCUT2D eigenvalue weighted by atomic mass is 16.5. The summed E-state index contributed by atoms with van der Waals surface area (Å²) < 4.78 is 4.65.